The Morgan fingerprint density at radius 2 is 0.963 bits per heavy atom. The molecule has 0 atom stereocenters. The summed E-state index contributed by atoms with van der Waals surface area (Å²) in [6, 6.07) is 62.6. The van der Waals surface area contributed by atoms with Gasteiger partial charge in [-0.3, -0.25) is 0 Å². The number of benzene rings is 8. The van der Waals surface area contributed by atoms with Gasteiger partial charge in [-0.25, -0.2) is 4.98 Å². The molecule has 0 saturated carbocycles. The molecule has 0 spiro atoms. The Morgan fingerprint density at radius 3 is 1.69 bits per heavy atom. The second-order valence-corrected chi connectivity index (χ2v) is 13.5. The van der Waals surface area contributed by atoms with E-state index in [4.69, 9.17) is 18.2 Å². The highest BCUT2D eigenvalue weighted by Gasteiger charge is 2.27. The van der Waals surface area contributed by atoms with Crippen LogP contribution in [0.4, 0.5) is 17.1 Å². The molecule has 0 saturated heterocycles. The molecular weight excluding hydrogens is 665 g/mol. The van der Waals surface area contributed by atoms with Crippen LogP contribution in [0.3, 0.4) is 0 Å². The van der Waals surface area contributed by atoms with Crippen molar-refractivity contribution in [1.29, 1.82) is 0 Å². The number of nitrogens with zero attached hydrogens (tertiary/aromatic N) is 2. The maximum atomic E-state index is 6.82. The largest absolute Gasteiger partial charge is 0.456 e. The molecule has 5 heteroatoms. The fraction of sp³-hybridized carbons (Fsp3) is 0. The van der Waals surface area contributed by atoms with Gasteiger partial charge in [-0.2, -0.15) is 0 Å². The molecule has 0 aliphatic heterocycles. The fourth-order valence-electron chi connectivity index (χ4n) is 7.87. The molecule has 0 N–H and O–H groups in total. The summed E-state index contributed by atoms with van der Waals surface area (Å²) in [6.07, 6.45) is 0. The van der Waals surface area contributed by atoms with E-state index in [0.29, 0.717) is 17.1 Å². The lowest BCUT2D eigenvalue weighted by molar-refractivity contribution is 0.622. The van der Waals surface area contributed by atoms with E-state index in [1.807, 2.05) is 66.7 Å². The molecule has 11 rings (SSSR count). The van der Waals surface area contributed by atoms with Gasteiger partial charge in [-0.1, -0.05) is 127 Å². The highest BCUT2D eigenvalue weighted by molar-refractivity contribution is 6.22. The van der Waals surface area contributed by atoms with Crippen molar-refractivity contribution in [1.82, 2.24) is 4.98 Å². The van der Waals surface area contributed by atoms with Crippen LogP contribution in [0.2, 0.25) is 0 Å². The predicted octanol–water partition coefficient (Wildman–Crippen LogP) is 14.1. The van der Waals surface area contributed by atoms with E-state index in [-0.39, 0.29) is 0 Å². The molecule has 3 aromatic heterocycles. The number of furan rings is 2. The van der Waals surface area contributed by atoms with E-state index in [9.17, 15) is 0 Å². The SMILES string of the molecule is c1ccc(-c2nc3cc(N(c4ccc(-c5ccccc5-c5ccccc5)cc4)c4cccc5oc6ccccc6c45)c4oc5ccccc5c4c3o2)cc1. The van der Waals surface area contributed by atoms with Gasteiger partial charge in [0.2, 0.25) is 5.89 Å². The molecule has 54 heavy (non-hydrogen) atoms. The molecule has 5 nitrogen and oxygen atoms in total. The van der Waals surface area contributed by atoms with Crippen LogP contribution in [0.5, 0.6) is 0 Å². The summed E-state index contributed by atoms with van der Waals surface area (Å²) in [5.41, 5.74) is 12.9. The van der Waals surface area contributed by atoms with Gasteiger partial charge < -0.3 is 18.2 Å². The maximum Gasteiger partial charge on any atom is 0.227 e. The minimum Gasteiger partial charge on any atom is -0.456 e. The second-order valence-electron chi connectivity index (χ2n) is 13.5. The summed E-state index contributed by atoms with van der Waals surface area (Å²) in [5, 5.41) is 3.91. The first-order chi connectivity index (χ1) is 26.8. The molecule has 0 aliphatic carbocycles. The van der Waals surface area contributed by atoms with Crippen LogP contribution in [0.15, 0.2) is 195 Å². The van der Waals surface area contributed by atoms with Gasteiger partial charge >= 0.3 is 0 Å². The van der Waals surface area contributed by atoms with Gasteiger partial charge in [0.15, 0.2) is 11.2 Å². The molecule has 0 unspecified atom stereocenters. The minimum atomic E-state index is 0.560. The van der Waals surface area contributed by atoms with E-state index in [1.165, 1.54) is 16.7 Å². The van der Waals surface area contributed by atoms with Gasteiger partial charge in [0.1, 0.15) is 22.3 Å². The zero-order valence-electron chi connectivity index (χ0n) is 28.9. The van der Waals surface area contributed by atoms with Crippen molar-refractivity contribution in [3.8, 4) is 33.7 Å². The minimum absolute atomic E-state index is 0.560. The molecule has 11 aromatic rings. The Bertz CT molecular complexity index is 3160. The van der Waals surface area contributed by atoms with E-state index in [1.54, 1.807) is 0 Å². The monoisotopic (exact) mass is 694 g/mol. The number of hydrogen-bond donors (Lipinski definition) is 0. The van der Waals surface area contributed by atoms with Crippen molar-refractivity contribution in [3.05, 3.63) is 182 Å². The van der Waals surface area contributed by atoms with Gasteiger partial charge in [0.05, 0.1) is 22.1 Å². The van der Waals surface area contributed by atoms with Crippen molar-refractivity contribution in [3.63, 3.8) is 0 Å². The van der Waals surface area contributed by atoms with Gasteiger partial charge in [0, 0.05) is 22.0 Å². The van der Waals surface area contributed by atoms with Crippen LogP contribution in [-0.4, -0.2) is 4.98 Å². The number of para-hydroxylation sites is 2. The molecule has 0 aliphatic rings. The highest BCUT2D eigenvalue weighted by Crippen LogP contribution is 2.49. The van der Waals surface area contributed by atoms with Crippen molar-refractivity contribution in [2.45, 2.75) is 0 Å². The van der Waals surface area contributed by atoms with E-state index < -0.39 is 0 Å². The first-order valence-corrected chi connectivity index (χ1v) is 18.0. The molecule has 254 valence electrons. The number of aromatic nitrogens is 1. The van der Waals surface area contributed by atoms with Gasteiger partial charge in [-0.15, -0.1) is 0 Å². The topological polar surface area (TPSA) is 55.6 Å². The zero-order valence-corrected chi connectivity index (χ0v) is 28.9. The van der Waals surface area contributed by atoms with Crippen LogP contribution in [0, 0.1) is 0 Å². The summed E-state index contributed by atoms with van der Waals surface area (Å²) < 4.78 is 19.8. The lowest BCUT2D eigenvalue weighted by Gasteiger charge is -2.26. The number of oxazole rings is 1. The number of hydrogen-bond acceptors (Lipinski definition) is 5. The fourth-order valence-corrected chi connectivity index (χ4v) is 7.87. The second kappa shape index (κ2) is 12.1. The summed E-state index contributed by atoms with van der Waals surface area (Å²) in [4.78, 5) is 7.37. The van der Waals surface area contributed by atoms with Gasteiger partial charge in [0.25, 0.3) is 0 Å². The molecule has 3 heterocycles. The van der Waals surface area contributed by atoms with E-state index >= 15 is 0 Å². The van der Waals surface area contributed by atoms with Crippen molar-refractivity contribution < 1.29 is 13.3 Å². The van der Waals surface area contributed by atoms with Crippen molar-refractivity contribution in [2.24, 2.45) is 0 Å². The Labute approximate surface area is 309 Å². The average Bonchev–Trinajstić information content (AvgIpc) is 3.96. The van der Waals surface area contributed by atoms with E-state index in [0.717, 1.165) is 72.0 Å². The van der Waals surface area contributed by atoms with Gasteiger partial charge in [-0.05, 0) is 76.9 Å². The molecule has 0 fully saturated rings. The summed E-state index contributed by atoms with van der Waals surface area (Å²) in [7, 11) is 0. The van der Waals surface area contributed by atoms with Crippen LogP contribution in [0.25, 0.3) is 88.7 Å². The molecule has 0 radical (unpaired) electrons. The Hall–Kier alpha value is -7.37. The number of anilines is 3. The van der Waals surface area contributed by atoms with Crippen LogP contribution < -0.4 is 4.90 Å². The summed E-state index contributed by atoms with van der Waals surface area (Å²) in [5.74, 6) is 0.560. The van der Waals surface area contributed by atoms with Crippen LogP contribution >= 0.6 is 0 Å². The smallest absolute Gasteiger partial charge is 0.227 e. The van der Waals surface area contributed by atoms with E-state index in [2.05, 4.69) is 120 Å². The van der Waals surface area contributed by atoms with Crippen molar-refractivity contribution in [2.75, 3.05) is 4.90 Å². The highest BCUT2D eigenvalue weighted by atomic mass is 16.4. The third kappa shape index (κ3) is 4.76. The first-order valence-electron chi connectivity index (χ1n) is 18.0. The molecule has 8 aromatic carbocycles. The van der Waals surface area contributed by atoms with Crippen LogP contribution in [-0.2, 0) is 0 Å². The molecule has 0 bridgehead atoms. The summed E-state index contributed by atoms with van der Waals surface area (Å²) >= 11 is 0. The molecular formula is C49H30N2O3. The van der Waals surface area contributed by atoms with Crippen LogP contribution in [0.1, 0.15) is 0 Å². The lowest BCUT2D eigenvalue weighted by atomic mass is 9.94. The number of fused-ring (bicyclic) bond motifs is 8. The third-order valence-electron chi connectivity index (χ3n) is 10.3. The maximum absolute atomic E-state index is 6.82. The number of rotatable bonds is 6. The Morgan fingerprint density at radius 1 is 0.389 bits per heavy atom. The first kappa shape index (κ1) is 30.3. The molecule has 0 amide bonds. The van der Waals surface area contributed by atoms with Crippen molar-refractivity contribution >= 4 is 72.0 Å². The quantitative estimate of drug-likeness (QED) is 0.173. The Balaban J connectivity index is 1.19. The third-order valence-corrected chi connectivity index (χ3v) is 10.3. The lowest BCUT2D eigenvalue weighted by Crippen LogP contribution is -2.11. The zero-order chi connectivity index (χ0) is 35.6. The average molecular weight is 695 g/mol. The summed E-state index contributed by atoms with van der Waals surface area (Å²) in [6.45, 7) is 0. The Kier molecular flexibility index (Phi) is 6.79. The normalized spacial score (nSPS) is 11.7. The standard InChI is InChI=1S/C49H30N2O3/c1-3-14-31(15-4-1)35-18-7-8-19-36(35)32-26-28-34(29-27-32)51(40-22-13-25-44-45(40)37-20-9-11-23-42(37)52-44)41-30-39-47(54-49(50-39)33-16-5-2-6-17-33)46-38-21-10-12-24-43(38)53-48(41)46/h1-30H. The predicted molar refractivity (Wildman–Crippen MR) is 220 cm³/mol.